The van der Waals surface area contributed by atoms with Gasteiger partial charge in [0.25, 0.3) is 5.91 Å². The van der Waals surface area contributed by atoms with Crippen LogP contribution in [-0.4, -0.2) is 22.4 Å². The van der Waals surface area contributed by atoms with Crippen LogP contribution in [0.3, 0.4) is 0 Å². The van der Waals surface area contributed by atoms with Gasteiger partial charge in [0.05, 0.1) is 11.9 Å². The lowest BCUT2D eigenvalue weighted by Crippen LogP contribution is -2.26. The number of hydrogen-bond donors (Lipinski definition) is 1. The van der Waals surface area contributed by atoms with E-state index in [-0.39, 0.29) is 5.91 Å². The predicted molar refractivity (Wildman–Crippen MR) is 79.3 cm³/mol. The second-order valence-corrected chi connectivity index (χ2v) is 5.13. The molecule has 2 aromatic rings. The zero-order chi connectivity index (χ0) is 14.5. The molecule has 6 heteroatoms. The van der Waals surface area contributed by atoms with Crippen LogP contribution < -0.4 is 5.32 Å². The second-order valence-electron chi connectivity index (χ2n) is 4.28. The largest absolute Gasteiger partial charge is 0.350 e. The molecule has 104 valence electrons. The first-order valence-corrected chi connectivity index (χ1v) is 6.82. The smallest absolute Gasteiger partial charge is 0.271 e. The fourth-order valence-electron chi connectivity index (χ4n) is 1.64. The molecule has 20 heavy (non-hydrogen) atoms. The van der Waals surface area contributed by atoms with E-state index in [1.54, 1.807) is 18.3 Å². The van der Waals surface area contributed by atoms with Crippen LogP contribution in [0, 0.1) is 6.92 Å². The van der Waals surface area contributed by atoms with Crippen molar-refractivity contribution >= 4 is 29.1 Å². The van der Waals surface area contributed by atoms with E-state index >= 15 is 0 Å². The highest BCUT2D eigenvalue weighted by molar-refractivity contribution is 6.35. The molecule has 0 aliphatic heterocycles. The molecule has 1 aromatic carbocycles. The Labute approximate surface area is 127 Å². The van der Waals surface area contributed by atoms with Crippen molar-refractivity contribution in [2.45, 2.75) is 13.3 Å². The average molecular weight is 310 g/mol. The van der Waals surface area contributed by atoms with Gasteiger partial charge in [-0.05, 0) is 31.0 Å². The van der Waals surface area contributed by atoms with Crippen molar-refractivity contribution in [3.8, 4) is 0 Å². The van der Waals surface area contributed by atoms with Crippen LogP contribution >= 0.6 is 23.2 Å². The molecule has 4 nitrogen and oxygen atoms in total. The number of rotatable bonds is 4. The number of hydrogen-bond acceptors (Lipinski definition) is 3. The first kappa shape index (κ1) is 14.8. The fraction of sp³-hybridized carbons (Fsp3) is 0.214. The Kier molecular flexibility index (Phi) is 4.93. The first-order chi connectivity index (χ1) is 9.56. The van der Waals surface area contributed by atoms with Crippen molar-refractivity contribution in [1.82, 2.24) is 15.3 Å². The lowest BCUT2D eigenvalue weighted by atomic mass is 10.1. The molecule has 1 amide bonds. The lowest BCUT2D eigenvalue weighted by Gasteiger charge is -2.06. The van der Waals surface area contributed by atoms with Crippen molar-refractivity contribution in [3.63, 3.8) is 0 Å². The maximum Gasteiger partial charge on any atom is 0.271 e. The van der Waals surface area contributed by atoms with Crippen LogP contribution in [0.15, 0.2) is 30.6 Å². The molecule has 1 aromatic heterocycles. The molecular weight excluding hydrogens is 297 g/mol. The molecule has 0 aliphatic carbocycles. The topological polar surface area (TPSA) is 54.9 Å². The van der Waals surface area contributed by atoms with Crippen LogP contribution in [0.5, 0.6) is 0 Å². The highest BCUT2D eigenvalue weighted by Crippen LogP contribution is 2.21. The van der Waals surface area contributed by atoms with Crippen molar-refractivity contribution in [1.29, 1.82) is 0 Å². The number of aromatic nitrogens is 2. The summed E-state index contributed by atoms with van der Waals surface area (Å²) in [4.78, 5) is 19.9. The number of carbonyl (C=O) groups excluding carboxylic acids is 1. The second kappa shape index (κ2) is 6.68. The third-order valence-corrected chi connectivity index (χ3v) is 3.30. The number of aryl methyl sites for hydroxylation is 1. The Balaban J connectivity index is 1.89. The van der Waals surface area contributed by atoms with Gasteiger partial charge in [0.1, 0.15) is 5.69 Å². The van der Waals surface area contributed by atoms with E-state index in [0.717, 1.165) is 11.3 Å². The van der Waals surface area contributed by atoms with E-state index in [4.69, 9.17) is 23.2 Å². The van der Waals surface area contributed by atoms with Crippen molar-refractivity contribution in [2.75, 3.05) is 6.54 Å². The van der Waals surface area contributed by atoms with Crippen LogP contribution in [-0.2, 0) is 6.42 Å². The van der Waals surface area contributed by atoms with Crippen LogP contribution in [0.4, 0.5) is 0 Å². The van der Waals surface area contributed by atoms with E-state index in [2.05, 4.69) is 15.3 Å². The zero-order valence-corrected chi connectivity index (χ0v) is 12.4. The number of benzene rings is 1. The van der Waals surface area contributed by atoms with E-state index in [9.17, 15) is 4.79 Å². The molecule has 0 saturated heterocycles. The highest BCUT2D eigenvalue weighted by atomic mass is 35.5. The van der Waals surface area contributed by atoms with Gasteiger partial charge in [0.15, 0.2) is 0 Å². The Morgan fingerprint density at radius 2 is 2.05 bits per heavy atom. The SMILES string of the molecule is Cc1cnc(C(=O)NCCc2ccc(Cl)cc2Cl)cn1. The van der Waals surface area contributed by atoms with Gasteiger partial charge in [0, 0.05) is 22.8 Å². The summed E-state index contributed by atoms with van der Waals surface area (Å²) in [7, 11) is 0. The molecule has 0 saturated carbocycles. The van der Waals surface area contributed by atoms with Gasteiger partial charge in [-0.2, -0.15) is 0 Å². The van der Waals surface area contributed by atoms with Crippen molar-refractivity contribution < 1.29 is 4.79 Å². The van der Waals surface area contributed by atoms with Gasteiger partial charge >= 0.3 is 0 Å². The number of nitrogens with zero attached hydrogens (tertiary/aromatic N) is 2. The normalized spacial score (nSPS) is 10.3. The highest BCUT2D eigenvalue weighted by Gasteiger charge is 2.07. The standard InChI is InChI=1S/C14H13Cl2N3O/c1-9-7-19-13(8-18-9)14(20)17-5-4-10-2-3-11(15)6-12(10)16/h2-3,6-8H,4-5H2,1H3,(H,17,20). The average Bonchev–Trinajstić information content (AvgIpc) is 2.42. The molecular formula is C14H13Cl2N3O. The van der Waals surface area contributed by atoms with Gasteiger partial charge in [-0.3, -0.25) is 9.78 Å². The van der Waals surface area contributed by atoms with Gasteiger partial charge < -0.3 is 5.32 Å². The van der Waals surface area contributed by atoms with Crippen molar-refractivity contribution in [3.05, 3.63) is 57.6 Å². The molecule has 0 fully saturated rings. The quantitative estimate of drug-likeness (QED) is 0.944. The van der Waals surface area contributed by atoms with E-state index < -0.39 is 0 Å². The fourth-order valence-corrected chi connectivity index (χ4v) is 2.14. The summed E-state index contributed by atoms with van der Waals surface area (Å²) in [5.74, 6) is -0.248. The molecule has 0 radical (unpaired) electrons. The van der Waals surface area contributed by atoms with Gasteiger partial charge in [-0.15, -0.1) is 0 Å². The van der Waals surface area contributed by atoms with Gasteiger partial charge in [0.2, 0.25) is 0 Å². The lowest BCUT2D eigenvalue weighted by molar-refractivity contribution is 0.0948. The maximum absolute atomic E-state index is 11.8. The van der Waals surface area contributed by atoms with Crippen LogP contribution in [0.2, 0.25) is 10.0 Å². The van der Waals surface area contributed by atoms with E-state index in [1.807, 2.05) is 13.0 Å². The molecule has 0 unspecified atom stereocenters. The molecule has 2 rings (SSSR count). The monoisotopic (exact) mass is 309 g/mol. The molecule has 0 atom stereocenters. The third-order valence-electron chi connectivity index (χ3n) is 2.71. The van der Waals surface area contributed by atoms with E-state index in [1.165, 1.54) is 6.20 Å². The number of halogens is 2. The summed E-state index contributed by atoms with van der Waals surface area (Å²) < 4.78 is 0. The third kappa shape index (κ3) is 3.92. The summed E-state index contributed by atoms with van der Waals surface area (Å²) in [6.07, 6.45) is 3.64. The Morgan fingerprint density at radius 3 is 2.70 bits per heavy atom. The number of carbonyl (C=O) groups is 1. The van der Waals surface area contributed by atoms with E-state index in [0.29, 0.717) is 28.7 Å². The minimum absolute atomic E-state index is 0.248. The Bertz CT molecular complexity index is 614. The molecule has 0 spiro atoms. The zero-order valence-electron chi connectivity index (χ0n) is 10.9. The first-order valence-electron chi connectivity index (χ1n) is 6.07. The van der Waals surface area contributed by atoms with Crippen LogP contribution in [0.25, 0.3) is 0 Å². The molecule has 1 N–H and O–H groups in total. The summed E-state index contributed by atoms with van der Waals surface area (Å²) >= 11 is 11.9. The summed E-state index contributed by atoms with van der Waals surface area (Å²) in [5.41, 5.74) is 2.01. The molecule has 0 aliphatic rings. The number of nitrogens with one attached hydrogen (secondary N) is 1. The Hall–Kier alpha value is -1.65. The maximum atomic E-state index is 11.8. The molecule has 0 bridgehead atoms. The predicted octanol–water partition coefficient (Wildman–Crippen LogP) is 3.06. The summed E-state index contributed by atoms with van der Waals surface area (Å²) in [5, 5.41) is 3.97. The van der Waals surface area contributed by atoms with Crippen LogP contribution in [0.1, 0.15) is 21.7 Å². The number of amides is 1. The Morgan fingerprint density at radius 1 is 1.25 bits per heavy atom. The van der Waals surface area contributed by atoms with Gasteiger partial charge in [-0.25, -0.2) is 4.98 Å². The minimum atomic E-state index is -0.248. The minimum Gasteiger partial charge on any atom is -0.350 e. The molecule has 1 heterocycles. The van der Waals surface area contributed by atoms with Gasteiger partial charge in [-0.1, -0.05) is 29.3 Å². The summed E-state index contributed by atoms with van der Waals surface area (Å²) in [6, 6.07) is 5.31. The summed E-state index contributed by atoms with van der Waals surface area (Å²) in [6.45, 7) is 2.28. The van der Waals surface area contributed by atoms with Crippen molar-refractivity contribution in [2.24, 2.45) is 0 Å².